The number of nitrogens with zero attached hydrogens (tertiary/aromatic N) is 10. The summed E-state index contributed by atoms with van der Waals surface area (Å²) in [4.78, 5) is 49.4. The fraction of sp³-hybridized carbons (Fsp3) is 0. The summed E-state index contributed by atoms with van der Waals surface area (Å²) in [5.41, 5.74) is 33.6. The molecule has 20 rings (SSSR count). The summed E-state index contributed by atoms with van der Waals surface area (Å²) >= 11 is 0. The molecule has 0 amide bonds. The zero-order valence-corrected chi connectivity index (χ0v) is 65.2. The van der Waals surface area contributed by atoms with Gasteiger partial charge < -0.3 is 0 Å². The largest absolute Gasteiger partial charge is 0.255 e. The van der Waals surface area contributed by atoms with Gasteiger partial charge in [0.15, 0.2) is 11.6 Å². The molecule has 0 saturated carbocycles. The average Bonchev–Trinajstić information content (AvgIpc) is 0.803. The molecule has 8 heterocycles. The molecule has 0 aliphatic carbocycles. The summed E-state index contributed by atoms with van der Waals surface area (Å²) in [5.74, 6) is 1.38. The molecule has 120 heavy (non-hydrogen) atoms. The van der Waals surface area contributed by atoms with E-state index in [-0.39, 0.29) is 0 Å². The van der Waals surface area contributed by atoms with E-state index in [0.717, 1.165) is 180 Å². The van der Waals surface area contributed by atoms with Crippen LogP contribution in [0.1, 0.15) is 0 Å². The van der Waals surface area contributed by atoms with Crippen LogP contribution in [0.25, 0.3) is 203 Å². The second-order valence-electron chi connectivity index (χ2n) is 29.1. The molecule has 20 aromatic rings. The zero-order chi connectivity index (χ0) is 80.2. The first-order valence-electron chi connectivity index (χ1n) is 40.0. The van der Waals surface area contributed by atoms with E-state index in [4.69, 9.17) is 39.9 Å². The lowest BCUT2D eigenvalue weighted by molar-refractivity contribution is 1.18. The Kier molecular flexibility index (Phi) is 21.2. The van der Waals surface area contributed by atoms with Gasteiger partial charge in [-0.3, -0.25) is 15.0 Å². The highest BCUT2D eigenvalue weighted by atomic mass is 14.9. The fourth-order valence-corrected chi connectivity index (χ4v) is 14.9. The quantitative estimate of drug-likeness (QED) is 0.0819. The molecule has 0 atom stereocenters. The molecule has 564 valence electrons. The molecule has 8 aromatic heterocycles. The van der Waals surface area contributed by atoms with Gasteiger partial charge >= 0.3 is 0 Å². The number of benzene rings is 12. The molecule has 0 saturated heterocycles. The van der Waals surface area contributed by atoms with Gasteiger partial charge in [-0.1, -0.05) is 346 Å². The SMILES string of the molecule is c1ccc(-c2ccc(-c3nc(-c4ccccc4)cc(-c4ccc(-c5ccc(-c6cccc(-c7cc(-c8ccccc8)cc(-c8ccccn8)n7)n6)cc5)cc4)n3)cc2)cc1.c1ccc(-c2ccc(-c3nc(-c4ccccc4)cc(-c4ccc(-c5ccc(-c6ccnc(-c7cc(-c8ccccc8)cc(-c8ccccn8)n7)c6)cc5)cc4)n3)cc2)cc1. The van der Waals surface area contributed by atoms with Gasteiger partial charge in [-0.05, 0) is 163 Å². The summed E-state index contributed by atoms with van der Waals surface area (Å²) in [6.45, 7) is 0. The van der Waals surface area contributed by atoms with Gasteiger partial charge in [0.25, 0.3) is 0 Å². The van der Waals surface area contributed by atoms with Crippen molar-refractivity contribution in [3.63, 3.8) is 0 Å². The van der Waals surface area contributed by atoms with Crippen molar-refractivity contribution >= 4 is 0 Å². The van der Waals surface area contributed by atoms with E-state index in [1.807, 2.05) is 128 Å². The lowest BCUT2D eigenvalue weighted by Crippen LogP contribution is -1.96. The van der Waals surface area contributed by atoms with E-state index in [2.05, 4.69) is 319 Å². The van der Waals surface area contributed by atoms with E-state index in [1.54, 1.807) is 12.4 Å². The Labute approximate surface area is 697 Å². The monoisotopic (exact) mass is 1530 g/mol. The summed E-state index contributed by atoms with van der Waals surface area (Å²) < 4.78 is 0. The van der Waals surface area contributed by atoms with Crippen LogP contribution in [-0.2, 0) is 0 Å². The molecular formula is C110H74N10. The van der Waals surface area contributed by atoms with Gasteiger partial charge in [0.2, 0.25) is 0 Å². The first-order valence-corrected chi connectivity index (χ1v) is 40.0. The van der Waals surface area contributed by atoms with E-state index >= 15 is 0 Å². The third-order valence-electron chi connectivity index (χ3n) is 21.3. The van der Waals surface area contributed by atoms with E-state index in [9.17, 15) is 0 Å². The lowest BCUT2D eigenvalue weighted by Gasteiger charge is -2.11. The molecule has 0 spiro atoms. The van der Waals surface area contributed by atoms with Crippen LogP contribution in [-0.4, -0.2) is 49.8 Å². The Balaban J connectivity index is 0.000000159. The van der Waals surface area contributed by atoms with E-state index in [0.29, 0.717) is 11.6 Å². The van der Waals surface area contributed by atoms with Gasteiger partial charge in [-0.15, -0.1) is 0 Å². The fourth-order valence-electron chi connectivity index (χ4n) is 14.9. The minimum absolute atomic E-state index is 0.691. The van der Waals surface area contributed by atoms with E-state index in [1.165, 1.54) is 11.1 Å². The topological polar surface area (TPSA) is 129 Å². The smallest absolute Gasteiger partial charge is 0.160 e. The third kappa shape index (κ3) is 16.8. The van der Waals surface area contributed by atoms with Crippen molar-refractivity contribution in [3.05, 3.63) is 449 Å². The zero-order valence-electron chi connectivity index (χ0n) is 65.2. The van der Waals surface area contributed by atoms with Crippen LogP contribution in [0.2, 0.25) is 0 Å². The standard InChI is InChI=1S/2C55H37N5/c1-4-13-38(14-5-1)40-26-32-46(33-27-40)55-59-51(43-17-8-3-9-18-43)37-52(60-55)45-30-24-42(25-31-45)41-22-28-44(29-23-41)48-20-12-21-50(57-48)54-36-47(39-15-6-2-7-16-39)35-53(58-54)49-19-10-11-34-56-49;1-4-12-38(13-5-1)40-25-29-46(30-26-40)55-59-50(44-16-8-3-9-17-44)37-51(60-55)45-27-23-42(24-28-45)41-19-21-43(22-20-41)47-31-33-57-52(34-47)54-36-48(39-14-6-2-7-15-39)35-53(58-54)49-18-10-11-32-56-49/h2*1-37H. The van der Waals surface area contributed by atoms with Crippen LogP contribution in [0.5, 0.6) is 0 Å². The predicted octanol–water partition coefficient (Wildman–Crippen LogP) is 27.3. The molecule has 0 radical (unpaired) electrons. The Morgan fingerprint density at radius 1 is 0.100 bits per heavy atom. The first kappa shape index (κ1) is 73.8. The Bertz CT molecular complexity index is 6360. The maximum absolute atomic E-state index is 5.11. The number of aromatic nitrogens is 10. The normalized spacial score (nSPS) is 11.0. The Morgan fingerprint density at radius 2 is 0.325 bits per heavy atom. The van der Waals surface area contributed by atoms with Gasteiger partial charge in [-0.25, -0.2) is 34.9 Å². The number of hydrogen-bond donors (Lipinski definition) is 0. The van der Waals surface area contributed by atoms with E-state index < -0.39 is 0 Å². The average molecular weight is 1540 g/mol. The maximum atomic E-state index is 5.11. The molecular weight excluding hydrogens is 1460 g/mol. The molecule has 10 nitrogen and oxygen atoms in total. The number of hydrogen-bond acceptors (Lipinski definition) is 10. The van der Waals surface area contributed by atoms with Crippen LogP contribution in [0.15, 0.2) is 449 Å². The van der Waals surface area contributed by atoms with Crippen LogP contribution in [0, 0.1) is 0 Å². The molecule has 0 aliphatic heterocycles. The summed E-state index contributed by atoms with van der Waals surface area (Å²) in [6.07, 6.45) is 5.45. The summed E-state index contributed by atoms with van der Waals surface area (Å²) in [5, 5.41) is 0. The lowest BCUT2D eigenvalue weighted by atomic mass is 9.98. The highest BCUT2D eigenvalue weighted by Gasteiger charge is 2.19. The van der Waals surface area contributed by atoms with Crippen molar-refractivity contribution in [2.75, 3.05) is 0 Å². The third-order valence-corrected chi connectivity index (χ3v) is 21.3. The van der Waals surface area contributed by atoms with Crippen molar-refractivity contribution in [2.45, 2.75) is 0 Å². The van der Waals surface area contributed by atoms with Gasteiger partial charge in [0.1, 0.15) is 0 Å². The molecule has 0 unspecified atom stereocenters. The second kappa shape index (κ2) is 34.4. The maximum Gasteiger partial charge on any atom is 0.160 e. The molecule has 0 aliphatic rings. The molecule has 12 aromatic carbocycles. The van der Waals surface area contributed by atoms with Crippen molar-refractivity contribution < 1.29 is 0 Å². The number of rotatable bonds is 18. The highest BCUT2D eigenvalue weighted by molar-refractivity contribution is 5.83. The van der Waals surface area contributed by atoms with Gasteiger partial charge in [0, 0.05) is 57.5 Å². The highest BCUT2D eigenvalue weighted by Crippen LogP contribution is 2.38. The van der Waals surface area contributed by atoms with Crippen LogP contribution in [0.4, 0.5) is 0 Å². The minimum atomic E-state index is 0.691. The molecule has 10 heteroatoms. The Hall–Kier alpha value is -16.3. The second-order valence-corrected chi connectivity index (χ2v) is 29.1. The van der Waals surface area contributed by atoms with Crippen molar-refractivity contribution in [3.8, 4) is 203 Å². The van der Waals surface area contributed by atoms with Crippen LogP contribution >= 0.6 is 0 Å². The van der Waals surface area contributed by atoms with Crippen LogP contribution < -0.4 is 0 Å². The van der Waals surface area contributed by atoms with Crippen LogP contribution in [0.3, 0.4) is 0 Å². The molecule has 0 N–H and O–H groups in total. The van der Waals surface area contributed by atoms with Gasteiger partial charge in [0.05, 0.1) is 74.0 Å². The Morgan fingerprint density at radius 3 is 0.667 bits per heavy atom. The molecule has 0 bridgehead atoms. The number of pyridine rings is 6. The van der Waals surface area contributed by atoms with Gasteiger partial charge in [-0.2, -0.15) is 0 Å². The summed E-state index contributed by atoms with van der Waals surface area (Å²) in [7, 11) is 0. The minimum Gasteiger partial charge on any atom is -0.255 e. The van der Waals surface area contributed by atoms with Crippen molar-refractivity contribution in [1.29, 1.82) is 0 Å². The first-order chi connectivity index (χ1) is 59.4. The van der Waals surface area contributed by atoms with Crippen molar-refractivity contribution in [2.24, 2.45) is 0 Å². The molecule has 0 fully saturated rings. The predicted molar refractivity (Wildman–Crippen MR) is 489 cm³/mol. The van der Waals surface area contributed by atoms with Crippen molar-refractivity contribution in [1.82, 2.24) is 49.8 Å². The summed E-state index contributed by atoms with van der Waals surface area (Å²) in [6, 6.07) is 148.